The van der Waals surface area contributed by atoms with Crippen molar-refractivity contribution in [2.45, 2.75) is 24.4 Å². The SMILES string of the molecule is O=CC(=O)[C@H](O)[C@@H](O)[C@H](O)[C@H](O)CO. The average molecular weight is 208 g/mol. The van der Waals surface area contributed by atoms with Gasteiger partial charge in [0, 0.05) is 0 Å². The van der Waals surface area contributed by atoms with Crippen molar-refractivity contribution in [3.05, 3.63) is 0 Å². The lowest BCUT2D eigenvalue weighted by Crippen LogP contribution is -2.48. The molecule has 0 heterocycles. The van der Waals surface area contributed by atoms with Gasteiger partial charge in [0.1, 0.15) is 24.4 Å². The van der Waals surface area contributed by atoms with Gasteiger partial charge in [-0.3, -0.25) is 9.59 Å². The highest BCUT2D eigenvalue weighted by atomic mass is 16.4. The third kappa shape index (κ3) is 3.13. The number of aldehydes is 1. The zero-order valence-corrected chi connectivity index (χ0v) is 7.15. The molecule has 0 aromatic carbocycles. The van der Waals surface area contributed by atoms with Crippen molar-refractivity contribution in [2.75, 3.05) is 6.61 Å². The summed E-state index contributed by atoms with van der Waals surface area (Å²) in [6.07, 6.45) is -7.94. The molecule has 0 saturated carbocycles. The molecule has 0 spiro atoms. The van der Waals surface area contributed by atoms with Gasteiger partial charge in [0.15, 0.2) is 6.29 Å². The van der Waals surface area contributed by atoms with Crippen molar-refractivity contribution < 1.29 is 35.1 Å². The van der Waals surface area contributed by atoms with Gasteiger partial charge >= 0.3 is 0 Å². The Hall–Kier alpha value is -0.860. The van der Waals surface area contributed by atoms with E-state index in [0.717, 1.165) is 0 Å². The molecule has 0 aliphatic rings. The minimum Gasteiger partial charge on any atom is -0.394 e. The summed E-state index contributed by atoms with van der Waals surface area (Å²) < 4.78 is 0. The third-order valence-electron chi connectivity index (χ3n) is 1.66. The summed E-state index contributed by atoms with van der Waals surface area (Å²) in [7, 11) is 0. The molecule has 0 aliphatic carbocycles. The van der Waals surface area contributed by atoms with Gasteiger partial charge in [-0.15, -0.1) is 0 Å². The van der Waals surface area contributed by atoms with Gasteiger partial charge in [-0.1, -0.05) is 0 Å². The number of hydrogen-bond donors (Lipinski definition) is 5. The monoisotopic (exact) mass is 208 g/mol. The lowest BCUT2D eigenvalue weighted by molar-refractivity contribution is -0.150. The Morgan fingerprint density at radius 3 is 2.00 bits per heavy atom. The van der Waals surface area contributed by atoms with Gasteiger partial charge < -0.3 is 25.5 Å². The Labute approximate surface area is 79.2 Å². The first-order valence-electron chi connectivity index (χ1n) is 3.77. The minimum atomic E-state index is -2.11. The molecule has 0 fully saturated rings. The van der Waals surface area contributed by atoms with Crippen LogP contribution in [0.5, 0.6) is 0 Å². The summed E-state index contributed by atoms with van der Waals surface area (Å²) in [6.45, 7) is -0.847. The molecule has 0 aromatic heterocycles. The Morgan fingerprint density at radius 1 is 1.14 bits per heavy atom. The molecule has 0 saturated heterocycles. The number of Topliss-reactive ketones (excluding diaryl/α,β-unsaturated/α-hetero) is 1. The lowest BCUT2D eigenvalue weighted by atomic mass is 10.0. The largest absolute Gasteiger partial charge is 0.394 e. The third-order valence-corrected chi connectivity index (χ3v) is 1.66. The van der Waals surface area contributed by atoms with E-state index in [9.17, 15) is 9.59 Å². The molecule has 4 atom stereocenters. The van der Waals surface area contributed by atoms with Gasteiger partial charge in [0.25, 0.3) is 0 Å². The molecule has 5 N–H and O–H groups in total. The first-order chi connectivity index (χ1) is 6.45. The first-order valence-corrected chi connectivity index (χ1v) is 3.77. The summed E-state index contributed by atoms with van der Waals surface area (Å²) in [5.74, 6) is -1.32. The Balaban J connectivity index is 4.37. The van der Waals surface area contributed by atoms with Gasteiger partial charge in [-0.2, -0.15) is 0 Å². The van der Waals surface area contributed by atoms with Crippen LogP contribution in [-0.2, 0) is 9.59 Å². The number of ketones is 1. The highest BCUT2D eigenvalue weighted by Gasteiger charge is 2.33. The smallest absolute Gasteiger partial charge is 0.226 e. The maximum absolute atomic E-state index is 10.5. The molecule has 14 heavy (non-hydrogen) atoms. The maximum atomic E-state index is 10.5. The summed E-state index contributed by atoms with van der Waals surface area (Å²) in [5.41, 5.74) is 0. The van der Waals surface area contributed by atoms with Crippen molar-refractivity contribution in [3.63, 3.8) is 0 Å². The number of rotatable bonds is 6. The van der Waals surface area contributed by atoms with E-state index in [0.29, 0.717) is 0 Å². The van der Waals surface area contributed by atoms with E-state index in [1.807, 2.05) is 0 Å². The predicted octanol–water partition coefficient (Wildman–Crippen LogP) is -3.81. The van der Waals surface area contributed by atoms with Crippen LogP contribution in [0.15, 0.2) is 0 Å². The second kappa shape index (κ2) is 5.78. The molecule has 0 amide bonds. The minimum absolute atomic E-state index is 0.216. The Morgan fingerprint density at radius 2 is 1.64 bits per heavy atom. The lowest BCUT2D eigenvalue weighted by Gasteiger charge is -2.23. The van der Waals surface area contributed by atoms with E-state index >= 15 is 0 Å². The molecule has 7 nitrogen and oxygen atoms in total. The van der Waals surface area contributed by atoms with Crippen molar-refractivity contribution in [3.8, 4) is 0 Å². The molecular weight excluding hydrogens is 196 g/mol. The fourth-order valence-corrected chi connectivity index (χ4v) is 0.760. The zero-order chi connectivity index (χ0) is 11.3. The first kappa shape index (κ1) is 13.1. The molecule has 0 bridgehead atoms. The van der Waals surface area contributed by atoms with Gasteiger partial charge in [0.05, 0.1) is 6.61 Å². The predicted molar refractivity (Wildman–Crippen MR) is 42.2 cm³/mol. The molecular formula is C7H12O7. The van der Waals surface area contributed by atoms with E-state index in [4.69, 9.17) is 25.5 Å². The van der Waals surface area contributed by atoms with Crippen LogP contribution in [0.3, 0.4) is 0 Å². The van der Waals surface area contributed by atoms with Crippen LogP contribution in [0.4, 0.5) is 0 Å². The standard InChI is InChI=1S/C7H12O7/c8-1-3(10)5(12)7(14)6(13)4(11)2-9/h1,4-7,9,11-14H,2H2/t4-,5+,6-,7-/m1/s1. The molecule has 82 valence electrons. The van der Waals surface area contributed by atoms with E-state index in [1.54, 1.807) is 0 Å². The van der Waals surface area contributed by atoms with Crippen molar-refractivity contribution in [1.29, 1.82) is 0 Å². The highest BCUT2D eigenvalue weighted by Crippen LogP contribution is 2.05. The van der Waals surface area contributed by atoms with Crippen molar-refractivity contribution in [1.82, 2.24) is 0 Å². The van der Waals surface area contributed by atoms with Crippen molar-refractivity contribution in [2.24, 2.45) is 0 Å². The maximum Gasteiger partial charge on any atom is 0.226 e. The number of carbonyl (C=O) groups is 2. The summed E-state index contributed by atoms with van der Waals surface area (Å²) in [6, 6.07) is 0. The summed E-state index contributed by atoms with van der Waals surface area (Å²) >= 11 is 0. The quantitative estimate of drug-likeness (QED) is 0.223. The topological polar surface area (TPSA) is 135 Å². The Kier molecular flexibility index (Phi) is 5.43. The van der Waals surface area contributed by atoms with Crippen molar-refractivity contribution >= 4 is 12.1 Å². The van der Waals surface area contributed by atoms with E-state index in [2.05, 4.69) is 0 Å². The van der Waals surface area contributed by atoms with Crippen LogP contribution in [0.2, 0.25) is 0 Å². The normalized spacial score (nSPS) is 19.5. The highest BCUT2D eigenvalue weighted by molar-refractivity contribution is 6.27. The average Bonchev–Trinajstić information content (AvgIpc) is 2.23. The van der Waals surface area contributed by atoms with E-state index in [-0.39, 0.29) is 6.29 Å². The number of carbonyl (C=O) groups excluding carboxylic acids is 2. The number of aliphatic hydroxyl groups is 5. The molecule has 0 rings (SSSR count). The van der Waals surface area contributed by atoms with Crippen LogP contribution in [-0.4, -0.2) is 68.6 Å². The van der Waals surface area contributed by atoms with Gasteiger partial charge in [-0.05, 0) is 0 Å². The van der Waals surface area contributed by atoms with Crippen LogP contribution in [0, 0.1) is 0 Å². The molecule has 0 radical (unpaired) electrons. The zero-order valence-electron chi connectivity index (χ0n) is 7.15. The van der Waals surface area contributed by atoms with Crippen LogP contribution >= 0.6 is 0 Å². The van der Waals surface area contributed by atoms with Crippen LogP contribution in [0.1, 0.15) is 0 Å². The van der Waals surface area contributed by atoms with Crippen LogP contribution < -0.4 is 0 Å². The molecule has 0 aromatic rings. The Bertz CT molecular complexity index is 204. The number of hydrogen-bond acceptors (Lipinski definition) is 7. The number of aliphatic hydroxyl groups excluding tert-OH is 5. The fourth-order valence-electron chi connectivity index (χ4n) is 0.760. The van der Waals surface area contributed by atoms with E-state index < -0.39 is 36.8 Å². The fraction of sp³-hybridized carbons (Fsp3) is 0.714. The molecule has 0 aliphatic heterocycles. The van der Waals surface area contributed by atoms with E-state index in [1.165, 1.54) is 0 Å². The second-order valence-corrected chi connectivity index (χ2v) is 2.70. The summed E-state index contributed by atoms with van der Waals surface area (Å²) in [5, 5.41) is 44.2. The molecule has 0 unspecified atom stereocenters. The van der Waals surface area contributed by atoms with Crippen LogP contribution in [0.25, 0.3) is 0 Å². The van der Waals surface area contributed by atoms with Gasteiger partial charge in [0.2, 0.25) is 5.78 Å². The summed E-state index contributed by atoms with van der Waals surface area (Å²) in [4.78, 5) is 20.4. The second-order valence-electron chi connectivity index (χ2n) is 2.70. The molecule has 7 heteroatoms. The van der Waals surface area contributed by atoms with Gasteiger partial charge in [-0.25, -0.2) is 0 Å².